The molecule has 0 atom stereocenters. The van der Waals surface area contributed by atoms with E-state index in [0.717, 1.165) is 0 Å². The zero-order valence-corrected chi connectivity index (χ0v) is 14.6. The molecule has 2 aromatic rings. The smallest absolute Gasteiger partial charge is 0.166 e. The maximum atomic E-state index is 12.2. The van der Waals surface area contributed by atoms with E-state index in [1.165, 1.54) is 6.92 Å². The average Bonchev–Trinajstić information content (AvgIpc) is 2.51. The third-order valence-corrected chi connectivity index (χ3v) is 3.34. The van der Waals surface area contributed by atoms with Crippen LogP contribution < -0.4 is 5.46 Å². The van der Waals surface area contributed by atoms with Crippen LogP contribution in [0, 0.1) is 6.92 Å². The molecule has 0 unspecified atom stereocenters. The number of aryl methyl sites for hydroxylation is 1. The monoisotopic (exact) mass is 484 g/mol. The molecule has 0 saturated carbocycles. The van der Waals surface area contributed by atoms with Gasteiger partial charge in [0, 0.05) is 0 Å². The Balaban J connectivity index is 0. The number of benzene rings is 2. The van der Waals surface area contributed by atoms with Crippen LogP contribution in [-0.4, -0.2) is 7.85 Å². The van der Waals surface area contributed by atoms with Crippen molar-refractivity contribution in [2.75, 3.05) is 0 Å². The molecule has 0 heterocycles. The Labute approximate surface area is 177 Å². The largest absolute Gasteiger partial charge is 0.416 e. The van der Waals surface area contributed by atoms with E-state index in [1.54, 1.807) is 0 Å². The number of alkyl halides is 12. The van der Waals surface area contributed by atoms with Gasteiger partial charge in [-0.05, 0) is 36.8 Å². The standard InChI is InChI=1S/C9H6F6.C8H3BF6.2CH4/c1-5-2-6(8(10,11)12)4-7(3-5)9(13,14)15;9-6-2-4(7(10,11)12)1-5(3-6)8(13,14)15;;/h2-4H,1H3;1-3H;2*1H4. The van der Waals surface area contributed by atoms with Gasteiger partial charge in [-0.15, -0.1) is 0 Å². The van der Waals surface area contributed by atoms with Crippen LogP contribution in [0.2, 0.25) is 0 Å². The lowest BCUT2D eigenvalue weighted by Crippen LogP contribution is -2.16. The van der Waals surface area contributed by atoms with Crippen LogP contribution in [-0.2, 0) is 24.7 Å². The van der Waals surface area contributed by atoms with Gasteiger partial charge in [-0.2, -0.15) is 52.7 Å². The lowest BCUT2D eigenvalue weighted by atomic mass is 9.91. The molecule has 0 aromatic heterocycles. The number of hydrogen-bond acceptors (Lipinski definition) is 0. The van der Waals surface area contributed by atoms with Gasteiger partial charge in [-0.25, -0.2) is 0 Å². The topological polar surface area (TPSA) is 0 Å². The lowest BCUT2D eigenvalue weighted by molar-refractivity contribution is -0.144. The summed E-state index contributed by atoms with van der Waals surface area (Å²) in [5.74, 6) is 0. The van der Waals surface area contributed by atoms with Gasteiger partial charge in [0.05, 0.1) is 22.3 Å². The van der Waals surface area contributed by atoms with E-state index in [4.69, 9.17) is 7.85 Å². The van der Waals surface area contributed by atoms with Gasteiger partial charge in [0.2, 0.25) is 0 Å². The molecule has 0 amide bonds. The number of rotatable bonds is 0. The van der Waals surface area contributed by atoms with Crippen molar-refractivity contribution in [1.82, 2.24) is 0 Å². The summed E-state index contributed by atoms with van der Waals surface area (Å²) in [6, 6.07) is 2.39. The summed E-state index contributed by atoms with van der Waals surface area (Å²) in [5, 5.41) is 0. The first-order chi connectivity index (χ1) is 13.2. The second kappa shape index (κ2) is 10.5. The predicted molar refractivity (Wildman–Crippen MR) is 96.5 cm³/mol. The van der Waals surface area contributed by atoms with Gasteiger partial charge >= 0.3 is 24.7 Å². The van der Waals surface area contributed by atoms with Crippen molar-refractivity contribution in [3.63, 3.8) is 0 Å². The second-order valence-electron chi connectivity index (χ2n) is 5.92. The van der Waals surface area contributed by atoms with Crippen LogP contribution in [0.5, 0.6) is 0 Å². The number of hydrogen-bond donors (Lipinski definition) is 0. The summed E-state index contributed by atoms with van der Waals surface area (Å²) < 4.78 is 146. The molecular weight excluding hydrogens is 467 g/mol. The third-order valence-electron chi connectivity index (χ3n) is 3.34. The molecule has 0 N–H and O–H groups in total. The normalized spacial score (nSPS) is 12.2. The highest BCUT2D eigenvalue weighted by Gasteiger charge is 2.37. The summed E-state index contributed by atoms with van der Waals surface area (Å²) in [6.45, 7) is 1.18. The molecule has 0 nitrogen and oxygen atoms in total. The Morgan fingerprint density at radius 1 is 0.469 bits per heavy atom. The highest BCUT2D eigenvalue weighted by Crippen LogP contribution is 2.36. The van der Waals surface area contributed by atoms with Gasteiger partial charge in [-0.3, -0.25) is 0 Å². The first kappa shape index (κ1) is 31.8. The third kappa shape index (κ3) is 9.43. The molecule has 2 radical (unpaired) electrons. The van der Waals surface area contributed by atoms with Crippen molar-refractivity contribution >= 4 is 13.3 Å². The Kier molecular flexibility index (Phi) is 10.5. The van der Waals surface area contributed by atoms with Crippen molar-refractivity contribution in [1.29, 1.82) is 0 Å². The fourth-order valence-corrected chi connectivity index (χ4v) is 2.09. The molecule has 2 aromatic carbocycles. The molecule has 32 heavy (non-hydrogen) atoms. The van der Waals surface area contributed by atoms with Gasteiger partial charge in [0.1, 0.15) is 7.85 Å². The van der Waals surface area contributed by atoms with Crippen LogP contribution in [0.1, 0.15) is 42.7 Å². The molecule has 0 aliphatic heterocycles. The highest BCUT2D eigenvalue weighted by molar-refractivity contribution is 6.32. The fourth-order valence-electron chi connectivity index (χ4n) is 2.09. The van der Waals surface area contributed by atoms with E-state index in [2.05, 4.69) is 0 Å². The van der Waals surface area contributed by atoms with E-state index < -0.39 is 52.4 Å². The molecule has 0 aliphatic carbocycles. The van der Waals surface area contributed by atoms with Crippen LogP contribution in [0.25, 0.3) is 0 Å². The van der Waals surface area contributed by atoms with Crippen molar-refractivity contribution in [3.05, 3.63) is 64.2 Å². The minimum atomic E-state index is -4.84. The predicted octanol–water partition coefficient (Wildman–Crippen LogP) is 7.82. The fraction of sp³-hybridized carbons (Fsp3) is 0.368. The maximum Gasteiger partial charge on any atom is 0.416 e. The molecule has 13 heteroatoms. The Morgan fingerprint density at radius 2 is 0.688 bits per heavy atom. The van der Waals surface area contributed by atoms with Gasteiger partial charge in [-0.1, -0.05) is 32.4 Å². The van der Waals surface area contributed by atoms with E-state index in [0.29, 0.717) is 24.3 Å². The summed E-state index contributed by atoms with van der Waals surface area (Å²) in [6.07, 6.45) is -19.2. The minimum absolute atomic E-state index is 0. The molecule has 0 aliphatic rings. The van der Waals surface area contributed by atoms with Crippen LogP contribution >= 0.6 is 0 Å². The molecule has 0 spiro atoms. The van der Waals surface area contributed by atoms with Gasteiger partial charge in [0.25, 0.3) is 0 Å². The second-order valence-corrected chi connectivity index (χ2v) is 5.92. The number of halogens is 12. The maximum absolute atomic E-state index is 12.2. The Bertz CT molecular complexity index is 736. The zero-order chi connectivity index (χ0) is 23.7. The summed E-state index contributed by atoms with van der Waals surface area (Å²) in [7, 11) is 4.95. The van der Waals surface area contributed by atoms with Gasteiger partial charge in [0.15, 0.2) is 0 Å². The zero-order valence-electron chi connectivity index (χ0n) is 14.6. The van der Waals surface area contributed by atoms with E-state index in [9.17, 15) is 52.7 Å². The van der Waals surface area contributed by atoms with E-state index in [1.807, 2.05) is 0 Å². The molecule has 0 bridgehead atoms. The highest BCUT2D eigenvalue weighted by atomic mass is 19.4. The van der Waals surface area contributed by atoms with Crippen LogP contribution in [0.4, 0.5) is 52.7 Å². The first-order valence-corrected chi connectivity index (χ1v) is 7.52. The molecular formula is C19H17BF12. The van der Waals surface area contributed by atoms with Crippen molar-refractivity contribution in [2.24, 2.45) is 0 Å². The van der Waals surface area contributed by atoms with E-state index in [-0.39, 0.29) is 32.5 Å². The summed E-state index contributed by atoms with van der Waals surface area (Å²) in [4.78, 5) is 0. The molecule has 180 valence electrons. The van der Waals surface area contributed by atoms with Crippen molar-refractivity contribution in [3.8, 4) is 0 Å². The van der Waals surface area contributed by atoms with Gasteiger partial charge < -0.3 is 0 Å². The summed E-state index contributed by atoms with van der Waals surface area (Å²) >= 11 is 0. The molecule has 2 rings (SSSR count). The molecule has 0 fully saturated rings. The SMILES string of the molecule is C.C.Cc1cc(C(F)(F)F)cc(C(F)(F)F)c1.[B]c1cc(C(F)(F)F)cc(C(F)(F)F)c1. The van der Waals surface area contributed by atoms with Crippen molar-refractivity contribution < 1.29 is 52.7 Å². The summed E-state index contributed by atoms with van der Waals surface area (Å²) in [5.41, 5.74) is -6.02. The molecule has 0 saturated heterocycles. The Morgan fingerprint density at radius 3 is 0.906 bits per heavy atom. The minimum Gasteiger partial charge on any atom is -0.166 e. The Hall–Kier alpha value is -2.34. The van der Waals surface area contributed by atoms with Crippen LogP contribution in [0.3, 0.4) is 0 Å². The van der Waals surface area contributed by atoms with Crippen LogP contribution in [0.15, 0.2) is 36.4 Å². The average molecular weight is 484 g/mol. The lowest BCUT2D eigenvalue weighted by Gasteiger charge is -2.12. The van der Waals surface area contributed by atoms with E-state index >= 15 is 0 Å². The first-order valence-electron chi connectivity index (χ1n) is 7.52. The van der Waals surface area contributed by atoms with Crippen molar-refractivity contribution in [2.45, 2.75) is 46.5 Å². The quantitative estimate of drug-likeness (QED) is 0.264.